The monoisotopic (exact) mass is 249 g/mol. The van der Waals surface area contributed by atoms with Crippen molar-refractivity contribution in [2.24, 2.45) is 0 Å². The topological polar surface area (TPSA) is 47.0 Å². The van der Waals surface area contributed by atoms with Crippen molar-refractivity contribution >= 4 is 25.8 Å². The predicted molar refractivity (Wildman–Crippen MR) is 49.8 cm³/mol. The Morgan fingerprint density at radius 1 is 1.42 bits per heavy atom. The molecule has 1 aromatic heterocycles. The molecule has 0 aliphatic rings. The summed E-state index contributed by atoms with van der Waals surface area (Å²) < 4.78 is 22.8. The summed E-state index contributed by atoms with van der Waals surface area (Å²) in [4.78, 5) is 3.87. The average molecular weight is 250 g/mol. The highest BCUT2D eigenvalue weighted by atomic mass is 79.9. The van der Waals surface area contributed by atoms with Crippen LogP contribution in [0.4, 0.5) is 0 Å². The van der Waals surface area contributed by atoms with Crippen LogP contribution in [0.2, 0.25) is 0 Å². The largest absolute Gasteiger partial charge is 0.229 e. The number of pyridine rings is 1. The van der Waals surface area contributed by atoms with E-state index in [0.717, 1.165) is 6.26 Å². The fourth-order valence-corrected chi connectivity index (χ4v) is 2.21. The van der Waals surface area contributed by atoms with Gasteiger partial charge in [0.1, 0.15) is 4.60 Å². The second-order valence-corrected chi connectivity index (χ2v) is 5.27. The van der Waals surface area contributed by atoms with E-state index in [-0.39, 0.29) is 5.03 Å². The zero-order valence-electron chi connectivity index (χ0n) is 6.70. The van der Waals surface area contributed by atoms with Gasteiger partial charge >= 0.3 is 0 Å². The second kappa shape index (κ2) is 3.14. The molecule has 12 heavy (non-hydrogen) atoms. The van der Waals surface area contributed by atoms with Crippen molar-refractivity contribution in [3.05, 3.63) is 22.3 Å². The van der Waals surface area contributed by atoms with Gasteiger partial charge in [0.2, 0.25) is 0 Å². The van der Waals surface area contributed by atoms with E-state index in [0.29, 0.717) is 10.2 Å². The van der Waals surface area contributed by atoms with Gasteiger partial charge in [-0.25, -0.2) is 13.4 Å². The van der Waals surface area contributed by atoms with Crippen molar-refractivity contribution in [3.8, 4) is 0 Å². The van der Waals surface area contributed by atoms with Crippen LogP contribution < -0.4 is 0 Å². The molecule has 0 saturated heterocycles. The van der Waals surface area contributed by atoms with Crippen molar-refractivity contribution < 1.29 is 8.42 Å². The van der Waals surface area contributed by atoms with Gasteiger partial charge in [0.05, 0.1) is 0 Å². The molecule has 5 heteroatoms. The van der Waals surface area contributed by atoms with Gasteiger partial charge in [-0.15, -0.1) is 0 Å². The van der Waals surface area contributed by atoms with E-state index in [1.807, 2.05) is 0 Å². The lowest BCUT2D eigenvalue weighted by Crippen LogP contribution is -2.03. The lowest BCUT2D eigenvalue weighted by molar-refractivity contribution is 0.597. The van der Waals surface area contributed by atoms with Crippen molar-refractivity contribution in [1.29, 1.82) is 0 Å². The van der Waals surface area contributed by atoms with Gasteiger partial charge in [0, 0.05) is 6.26 Å². The highest BCUT2D eigenvalue weighted by Crippen LogP contribution is 2.15. The minimum atomic E-state index is -3.20. The minimum absolute atomic E-state index is 0.136. The Labute approximate surface area is 79.9 Å². The highest BCUT2D eigenvalue weighted by molar-refractivity contribution is 9.10. The van der Waals surface area contributed by atoms with Crippen LogP contribution in [0.5, 0.6) is 0 Å². The Hall–Kier alpha value is -0.420. The number of sulfone groups is 1. The summed E-state index contributed by atoms with van der Waals surface area (Å²) in [7, 11) is -3.20. The fourth-order valence-electron chi connectivity index (χ4n) is 0.863. The zero-order chi connectivity index (χ0) is 9.35. The number of halogens is 1. The molecule has 1 rings (SSSR count). The lowest BCUT2D eigenvalue weighted by Gasteiger charge is -2.01. The third-order valence-corrected chi connectivity index (χ3v) is 2.93. The molecule has 1 heterocycles. The standard InChI is InChI=1S/C7H8BrNO2S/c1-5-3-4-6(8)9-7(5)12(2,10)11/h3-4H,1-2H3. The van der Waals surface area contributed by atoms with E-state index < -0.39 is 9.84 Å². The Morgan fingerprint density at radius 3 is 2.42 bits per heavy atom. The number of hydrogen-bond donors (Lipinski definition) is 0. The van der Waals surface area contributed by atoms with Crippen LogP contribution in [0, 0.1) is 6.92 Å². The van der Waals surface area contributed by atoms with E-state index in [4.69, 9.17) is 0 Å². The SMILES string of the molecule is Cc1ccc(Br)nc1S(C)(=O)=O. The predicted octanol–water partition coefficient (Wildman–Crippen LogP) is 1.56. The number of aryl methyl sites for hydroxylation is 1. The molecule has 0 spiro atoms. The molecule has 0 aliphatic heterocycles. The average Bonchev–Trinajstić information content (AvgIpc) is 1.92. The van der Waals surface area contributed by atoms with Crippen LogP contribution in [0.3, 0.4) is 0 Å². The van der Waals surface area contributed by atoms with Gasteiger partial charge in [-0.3, -0.25) is 0 Å². The third-order valence-electron chi connectivity index (χ3n) is 1.37. The smallest absolute Gasteiger partial charge is 0.193 e. The maximum absolute atomic E-state index is 11.1. The van der Waals surface area contributed by atoms with Gasteiger partial charge in [-0.05, 0) is 34.5 Å². The van der Waals surface area contributed by atoms with Gasteiger partial charge in [-0.2, -0.15) is 0 Å². The lowest BCUT2D eigenvalue weighted by atomic mass is 10.3. The maximum atomic E-state index is 11.1. The molecule has 0 unspecified atom stereocenters. The molecule has 0 fully saturated rings. The van der Waals surface area contributed by atoms with Crippen molar-refractivity contribution in [2.45, 2.75) is 11.9 Å². The van der Waals surface area contributed by atoms with E-state index in [1.165, 1.54) is 0 Å². The van der Waals surface area contributed by atoms with Gasteiger partial charge in [0.15, 0.2) is 14.9 Å². The van der Waals surface area contributed by atoms with Crippen molar-refractivity contribution in [3.63, 3.8) is 0 Å². The maximum Gasteiger partial charge on any atom is 0.193 e. The Morgan fingerprint density at radius 2 is 2.00 bits per heavy atom. The highest BCUT2D eigenvalue weighted by Gasteiger charge is 2.12. The molecule has 1 aromatic rings. The van der Waals surface area contributed by atoms with Crippen molar-refractivity contribution in [1.82, 2.24) is 4.98 Å². The van der Waals surface area contributed by atoms with Crippen LogP contribution >= 0.6 is 15.9 Å². The summed E-state index contributed by atoms with van der Waals surface area (Å²) in [6.07, 6.45) is 1.15. The zero-order valence-corrected chi connectivity index (χ0v) is 9.11. The van der Waals surface area contributed by atoms with E-state index >= 15 is 0 Å². The molecule has 0 aromatic carbocycles. The number of rotatable bonds is 1. The quantitative estimate of drug-likeness (QED) is 0.710. The molecule has 0 N–H and O–H groups in total. The fraction of sp³-hybridized carbons (Fsp3) is 0.286. The Kier molecular flexibility index (Phi) is 2.53. The van der Waals surface area contributed by atoms with Crippen LogP contribution in [0.25, 0.3) is 0 Å². The summed E-state index contributed by atoms with van der Waals surface area (Å²) in [6.45, 7) is 1.72. The molecular weight excluding hydrogens is 242 g/mol. The summed E-state index contributed by atoms with van der Waals surface area (Å²) in [6, 6.07) is 3.43. The molecule has 3 nitrogen and oxygen atoms in total. The molecular formula is C7H8BrNO2S. The summed E-state index contributed by atoms with van der Waals surface area (Å²) >= 11 is 3.11. The molecule has 0 radical (unpaired) electrons. The molecule has 0 bridgehead atoms. The first kappa shape index (κ1) is 9.67. The molecule has 0 atom stereocenters. The van der Waals surface area contributed by atoms with Gasteiger partial charge in [-0.1, -0.05) is 6.07 Å². The molecule has 0 amide bonds. The molecule has 0 saturated carbocycles. The van der Waals surface area contributed by atoms with Crippen LogP contribution in [0.1, 0.15) is 5.56 Å². The van der Waals surface area contributed by atoms with E-state index in [9.17, 15) is 8.42 Å². The summed E-state index contributed by atoms with van der Waals surface area (Å²) in [5, 5.41) is 0.136. The molecule has 66 valence electrons. The van der Waals surface area contributed by atoms with Crippen molar-refractivity contribution in [2.75, 3.05) is 6.26 Å². The summed E-state index contributed by atoms with van der Waals surface area (Å²) in [5.74, 6) is 0. The number of nitrogens with zero attached hydrogens (tertiary/aromatic N) is 1. The van der Waals surface area contributed by atoms with Crippen LogP contribution in [0.15, 0.2) is 21.8 Å². The van der Waals surface area contributed by atoms with E-state index in [2.05, 4.69) is 20.9 Å². The number of hydrogen-bond acceptors (Lipinski definition) is 3. The minimum Gasteiger partial charge on any atom is -0.229 e. The van der Waals surface area contributed by atoms with Gasteiger partial charge < -0.3 is 0 Å². The first-order valence-electron chi connectivity index (χ1n) is 3.24. The van der Waals surface area contributed by atoms with Crippen LogP contribution in [-0.2, 0) is 9.84 Å². The van der Waals surface area contributed by atoms with Crippen LogP contribution in [-0.4, -0.2) is 19.7 Å². The Bertz CT molecular complexity index is 400. The molecule has 0 aliphatic carbocycles. The Balaban J connectivity index is 3.43. The number of aromatic nitrogens is 1. The van der Waals surface area contributed by atoms with E-state index in [1.54, 1.807) is 19.1 Å². The first-order valence-corrected chi connectivity index (χ1v) is 5.93. The van der Waals surface area contributed by atoms with Gasteiger partial charge in [0.25, 0.3) is 0 Å². The third kappa shape index (κ3) is 2.04. The normalized spacial score (nSPS) is 11.6. The first-order chi connectivity index (χ1) is 5.41. The summed E-state index contributed by atoms with van der Waals surface area (Å²) in [5.41, 5.74) is 0.667. The second-order valence-electron chi connectivity index (χ2n) is 2.53.